The summed E-state index contributed by atoms with van der Waals surface area (Å²) < 4.78 is 13.5. The van der Waals surface area contributed by atoms with Crippen molar-refractivity contribution in [1.29, 1.82) is 0 Å². The first-order valence-electron chi connectivity index (χ1n) is 6.03. The average molecular weight is 245 g/mol. The highest BCUT2D eigenvalue weighted by Crippen LogP contribution is 2.10. The van der Waals surface area contributed by atoms with E-state index in [-0.39, 0.29) is 5.82 Å². The van der Waals surface area contributed by atoms with E-state index < -0.39 is 0 Å². The fourth-order valence-corrected chi connectivity index (χ4v) is 1.65. The molecule has 0 amide bonds. The number of nitrogens with zero attached hydrogens (tertiary/aromatic N) is 2. The van der Waals surface area contributed by atoms with Gasteiger partial charge in [-0.2, -0.15) is 0 Å². The minimum atomic E-state index is -0.210. The molecule has 94 valence electrons. The number of benzene rings is 1. The second-order valence-corrected chi connectivity index (χ2v) is 4.06. The zero-order valence-electron chi connectivity index (χ0n) is 10.4. The molecular formula is C14H16FN3. The smallest absolute Gasteiger partial charge is 0.132 e. The zero-order valence-corrected chi connectivity index (χ0v) is 10.4. The number of aromatic nitrogens is 2. The Morgan fingerprint density at radius 3 is 2.56 bits per heavy atom. The summed E-state index contributed by atoms with van der Waals surface area (Å²) in [5, 5.41) is 3.20. The van der Waals surface area contributed by atoms with Crippen LogP contribution in [0.2, 0.25) is 0 Å². The Labute approximate surface area is 106 Å². The van der Waals surface area contributed by atoms with E-state index in [1.54, 1.807) is 24.5 Å². The predicted molar refractivity (Wildman–Crippen MR) is 68.6 cm³/mol. The van der Waals surface area contributed by atoms with E-state index in [9.17, 15) is 4.39 Å². The van der Waals surface area contributed by atoms with Crippen LogP contribution in [-0.4, -0.2) is 16.5 Å². The lowest BCUT2D eigenvalue weighted by Crippen LogP contribution is -2.12. The molecule has 0 aliphatic carbocycles. The SMILES string of the molecule is CCNCc1cnc(Cc2ccccc2F)nc1. The summed E-state index contributed by atoms with van der Waals surface area (Å²) in [7, 11) is 0. The molecule has 0 aliphatic heterocycles. The van der Waals surface area contributed by atoms with E-state index in [4.69, 9.17) is 0 Å². The van der Waals surface area contributed by atoms with Gasteiger partial charge in [-0.25, -0.2) is 14.4 Å². The van der Waals surface area contributed by atoms with Gasteiger partial charge in [0.1, 0.15) is 11.6 Å². The number of nitrogens with one attached hydrogen (secondary N) is 1. The van der Waals surface area contributed by atoms with Crippen LogP contribution >= 0.6 is 0 Å². The van der Waals surface area contributed by atoms with Crippen LogP contribution in [0.5, 0.6) is 0 Å². The maximum atomic E-state index is 13.5. The second kappa shape index (κ2) is 6.21. The first-order chi connectivity index (χ1) is 8.79. The number of hydrogen-bond donors (Lipinski definition) is 1. The van der Waals surface area contributed by atoms with Crippen molar-refractivity contribution in [1.82, 2.24) is 15.3 Å². The molecule has 0 saturated heterocycles. The van der Waals surface area contributed by atoms with Crippen LogP contribution in [0, 0.1) is 5.82 Å². The normalized spacial score (nSPS) is 10.6. The highest BCUT2D eigenvalue weighted by Gasteiger charge is 2.04. The summed E-state index contributed by atoms with van der Waals surface area (Å²) in [5.74, 6) is 0.429. The Morgan fingerprint density at radius 2 is 1.89 bits per heavy atom. The topological polar surface area (TPSA) is 37.8 Å². The Balaban J connectivity index is 2.04. The molecule has 0 aliphatic rings. The minimum Gasteiger partial charge on any atom is -0.313 e. The number of hydrogen-bond acceptors (Lipinski definition) is 3. The summed E-state index contributed by atoms with van der Waals surface area (Å²) in [6, 6.07) is 6.71. The van der Waals surface area contributed by atoms with Crippen LogP contribution in [0.1, 0.15) is 23.9 Å². The van der Waals surface area contributed by atoms with Crippen LogP contribution in [0.15, 0.2) is 36.7 Å². The monoisotopic (exact) mass is 245 g/mol. The molecule has 0 bridgehead atoms. The molecule has 0 atom stereocenters. The van der Waals surface area contributed by atoms with Crippen molar-refractivity contribution in [2.45, 2.75) is 19.9 Å². The maximum Gasteiger partial charge on any atom is 0.132 e. The number of rotatable bonds is 5. The third-order valence-corrected chi connectivity index (χ3v) is 2.64. The largest absolute Gasteiger partial charge is 0.313 e. The van der Waals surface area contributed by atoms with Crippen molar-refractivity contribution in [2.24, 2.45) is 0 Å². The van der Waals surface area contributed by atoms with E-state index in [1.165, 1.54) is 6.07 Å². The van der Waals surface area contributed by atoms with Gasteiger partial charge in [0.05, 0.1) is 0 Å². The molecule has 1 aromatic heterocycles. The van der Waals surface area contributed by atoms with E-state index in [2.05, 4.69) is 15.3 Å². The molecule has 0 radical (unpaired) electrons. The van der Waals surface area contributed by atoms with Crippen molar-refractivity contribution in [2.75, 3.05) is 6.54 Å². The molecule has 2 rings (SSSR count). The average Bonchev–Trinajstić information content (AvgIpc) is 2.41. The standard InChI is InChI=1S/C14H16FN3/c1-2-16-8-11-9-17-14(18-10-11)7-12-5-3-4-6-13(12)15/h3-6,9-10,16H,2,7-8H2,1H3. The van der Waals surface area contributed by atoms with Gasteiger partial charge < -0.3 is 5.32 Å². The van der Waals surface area contributed by atoms with Crippen LogP contribution in [0.25, 0.3) is 0 Å². The minimum absolute atomic E-state index is 0.210. The Morgan fingerprint density at radius 1 is 1.17 bits per heavy atom. The van der Waals surface area contributed by atoms with Gasteiger partial charge in [0, 0.05) is 30.9 Å². The predicted octanol–water partition coefficient (Wildman–Crippen LogP) is 2.32. The highest BCUT2D eigenvalue weighted by molar-refractivity contribution is 5.21. The first kappa shape index (κ1) is 12.6. The first-order valence-corrected chi connectivity index (χ1v) is 6.03. The molecular weight excluding hydrogens is 229 g/mol. The van der Waals surface area contributed by atoms with E-state index >= 15 is 0 Å². The maximum absolute atomic E-state index is 13.5. The lowest BCUT2D eigenvalue weighted by atomic mass is 10.1. The molecule has 3 nitrogen and oxygen atoms in total. The quantitative estimate of drug-likeness (QED) is 0.878. The third-order valence-electron chi connectivity index (χ3n) is 2.64. The molecule has 2 aromatic rings. The van der Waals surface area contributed by atoms with Gasteiger partial charge >= 0.3 is 0 Å². The van der Waals surface area contributed by atoms with Gasteiger partial charge in [-0.3, -0.25) is 0 Å². The Kier molecular flexibility index (Phi) is 4.36. The summed E-state index contributed by atoms with van der Waals surface area (Å²) in [6.45, 7) is 3.72. The lowest BCUT2D eigenvalue weighted by molar-refractivity contribution is 0.612. The molecule has 1 N–H and O–H groups in total. The summed E-state index contributed by atoms with van der Waals surface area (Å²) >= 11 is 0. The molecule has 18 heavy (non-hydrogen) atoms. The molecule has 0 unspecified atom stereocenters. The summed E-state index contributed by atoms with van der Waals surface area (Å²) in [4.78, 5) is 8.50. The fourth-order valence-electron chi connectivity index (χ4n) is 1.65. The van der Waals surface area contributed by atoms with Gasteiger partial charge in [0.25, 0.3) is 0 Å². The van der Waals surface area contributed by atoms with E-state index in [0.717, 1.165) is 18.7 Å². The summed E-state index contributed by atoms with van der Waals surface area (Å²) in [6.07, 6.45) is 3.99. The van der Waals surface area contributed by atoms with Crippen molar-refractivity contribution in [3.05, 3.63) is 59.4 Å². The van der Waals surface area contributed by atoms with Crippen molar-refractivity contribution in [3.63, 3.8) is 0 Å². The fraction of sp³-hybridized carbons (Fsp3) is 0.286. The highest BCUT2D eigenvalue weighted by atomic mass is 19.1. The number of halogens is 1. The lowest BCUT2D eigenvalue weighted by Gasteiger charge is -2.04. The van der Waals surface area contributed by atoms with Gasteiger partial charge in [0.15, 0.2) is 0 Å². The molecule has 4 heteroatoms. The third kappa shape index (κ3) is 3.34. The van der Waals surface area contributed by atoms with Gasteiger partial charge in [-0.05, 0) is 18.2 Å². The van der Waals surface area contributed by atoms with Crippen LogP contribution in [0.3, 0.4) is 0 Å². The second-order valence-electron chi connectivity index (χ2n) is 4.06. The van der Waals surface area contributed by atoms with Crippen molar-refractivity contribution >= 4 is 0 Å². The van der Waals surface area contributed by atoms with Crippen molar-refractivity contribution < 1.29 is 4.39 Å². The van der Waals surface area contributed by atoms with Crippen molar-refractivity contribution in [3.8, 4) is 0 Å². The van der Waals surface area contributed by atoms with E-state index in [0.29, 0.717) is 17.8 Å². The molecule has 0 spiro atoms. The Hall–Kier alpha value is -1.81. The van der Waals surface area contributed by atoms with Crippen LogP contribution in [-0.2, 0) is 13.0 Å². The zero-order chi connectivity index (χ0) is 12.8. The molecule has 0 saturated carbocycles. The van der Waals surface area contributed by atoms with Crippen LogP contribution < -0.4 is 5.32 Å². The Bertz CT molecular complexity index is 497. The van der Waals surface area contributed by atoms with Gasteiger partial charge in [-0.1, -0.05) is 25.1 Å². The van der Waals surface area contributed by atoms with E-state index in [1.807, 2.05) is 13.0 Å². The molecule has 0 fully saturated rings. The molecule has 1 heterocycles. The van der Waals surface area contributed by atoms with Gasteiger partial charge in [0.2, 0.25) is 0 Å². The summed E-state index contributed by atoms with van der Waals surface area (Å²) in [5.41, 5.74) is 1.66. The van der Waals surface area contributed by atoms with Crippen LogP contribution in [0.4, 0.5) is 4.39 Å². The van der Waals surface area contributed by atoms with Gasteiger partial charge in [-0.15, -0.1) is 0 Å². The molecule has 1 aromatic carbocycles.